The Bertz CT molecular complexity index is 760. The molecule has 0 unspecified atom stereocenters. The van der Waals surface area contributed by atoms with Crippen LogP contribution in [0.2, 0.25) is 10.0 Å². The van der Waals surface area contributed by atoms with Crippen molar-refractivity contribution in [3.05, 3.63) is 75.8 Å². The van der Waals surface area contributed by atoms with Crippen LogP contribution in [0.5, 0.6) is 5.75 Å². The summed E-state index contributed by atoms with van der Waals surface area (Å²) in [5.41, 5.74) is 2.42. The molecule has 1 amide bonds. The van der Waals surface area contributed by atoms with Crippen LogP contribution in [0.1, 0.15) is 22.8 Å². The Morgan fingerprint density at radius 1 is 1.19 bits per heavy atom. The van der Waals surface area contributed by atoms with Crippen LogP contribution >= 0.6 is 35.0 Å². The molecule has 0 bridgehead atoms. The molecule has 0 aromatic heterocycles. The molecular weight excluding hydrogens is 389 g/mol. The van der Waals surface area contributed by atoms with Crippen molar-refractivity contribution in [2.45, 2.75) is 12.7 Å². The van der Waals surface area contributed by atoms with Gasteiger partial charge in [-0.2, -0.15) is 11.8 Å². The Balaban J connectivity index is 1.76. The van der Waals surface area contributed by atoms with Gasteiger partial charge in [0.05, 0.1) is 0 Å². The molecule has 0 aliphatic heterocycles. The van der Waals surface area contributed by atoms with Crippen molar-refractivity contribution in [1.29, 1.82) is 0 Å². The summed E-state index contributed by atoms with van der Waals surface area (Å²) in [6.45, 7) is 6.68. The number of hydrogen-bond acceptors (Lipinski definition) is 3. The van der Waals surface area contributed by atoms with E-state index in [0.717, 1.165) is 16.9 Å². The summed E-state index contributed by atoms with van der Waals surface area (Å²) >= 11 is 14.0. The largest absolute Gasteiger partial charge is 0.489 e. The summed E-state index contributed by atoms with van der Waals surface area (Å²) < 4.78 is 5.56. The quantitative estimate of drug-likeness (QED) is 0.431. The normalized spacial score (nSPS) is 10.4. The van der Waals surface area contributed by atoms with E-state index in [9.17, 15) is 4.79 Å². The highest BCUT2D eigenvalue weighted by Gasteiger charge is 2.08. The second-order valence-electron chi connectivity index (χ2n) is 5.78. The summed E-state index contributed by atoms with van der Waals surface area (Å²) in [6.07, 6.45) is 0. The molecule has 2 aromatic carbocycles. The van der Waals surface area contributed by atoms with Gasteiger partial charge in [-0.1, -0.05) is 41.9 Å². The van der Waals surface area contributed by atoms with Gasteiger partial charge in [-0.15, -0.1) is 0 Å². The standard InChI is InChI=1S/C20H21Cl2NO2S/c1-14(2)12-25-16-6-3-5-15(11-16)20(24)23-9-10-26-13-17-18(21)7-4-8-19(17)22/h3-8,11H,1,9-10,12-13H2,2H3,(H,23,24). The molecule has 6 heteroatoms. The van der Waals surface area contributed by atoms with Crippen LogP contribution in [-0.4, -0.2) is 24.8 Å². The molecular formula is C20H21Cl2NO2S. The number of carbonyl (C=O) groups excluding carboxylic acids is 1. The van der Waals surface area contributed by atoms with Crippen molar-refractivity contribution < 1.29 is 9.53 Å². The van der Waals surface area contributed by atoms with Gasteiger partial charge in [0.2, 0.25) is 0 Å². The first-order valence-electron chi connectivity index (χ1n) is 8.13. The van der Waals surface area contributed by atoms with E-state index >= 15 is 0 Å². The lowest BCUT2D eigenvalue weighted by Gasteiger charge is -2.09. The topological polar surface area (TPSA) is 38.3 Å². The van der Waals surface area contributed by atoms with Crippen LogP contribution in [0.15, 0.2) is 54.6 Å². The van der Waals surface area contributed by atoms with Crippen LogP contribution < -0.4 is 10.1 Å². The number of carbonyl (C=O) groups is 1. The molecule has 2 rings (SSSR count). The number of rotatable bonds is 9. The first kappa shape index (κ1) is 20.7. The Hall–Kier alpha value is -1.62. The summed E-state index contributed by atoms with van der Waals surface area (Å²) in [5.74, 6) is 2.00. The van der Waals surface area contributed by atoms with Crippen molar-refractivity contribution in [2.24, 2.45) is 0 Å². The van der Waals surface area contributed by atoms with Gasteiger partial charge in [-0.05, 0) is 48.4 Å². The maximum atomic E-state index is 12.2. The number of amides is 1. The maximum absolute atomic E-state index is 12.2. The molecule has 138 valence electrons. The molecule has 0 spiro atoms. The van der Waals surface area contributed by atoms with Crippen LogP contribution in [0.4, 0.5) is 0 Å². The predicted molar refractivity (Wildman–Crippen MR) is 112 cm³/mol. The van der Waals surface area contributed by atoms with Crippen LogP contribution in [0, 0.1) is 0 Å². The minimum Gasteiger partial charge on any atom is -0.489 e. The van der Waals surface area contributed by atoms with Gasteiger partial charge in [-0.3, -0.25) is 4.79 Å². The first-order chi connectivity index (χ1) is 12.5. The van der Waals surface area contributed by atoms with Gasteiger partial charge in [0.1, 0.15) is 12.4 Å². The molecule has 0 atom stereocenters. The zero-order valence-corrected chi connectivity index (χ0v) is 16.9. The summed E-state index contributed by atoms with van der Waals surface area (Å²) in [6, 6.07) is 12.6. The second-order valence-corrected chi connectivity index (χ2v) is 7.70. The molecule has 0 saturated carbocycles. The van der Waals surface area contributed by atoms with E-state index in [0.29, 0.717) is 40.3 Å². The van der Waals surface area contributed by atoms with E-state index in [2.05, 4.69) is 11.9 Å². The first-order valence-corrected chi connectivity index (χ1v) is 10.0. The van der Waals surface area contributed by atoms with Crippen molar-refractivity contribution in [1.82, 2.24) is 5.32 Å². The van der Waals surface area contributed by atoms with Crippen molar-refractivity contribution in [3.8, 4) is 5.75 Å². The van der Waals surface area contributed by atoms with Gasteiger partial charge in [0.25, 0.3) is 5.91 Å². The predicted octanol–water partition coefficient (Wildman–Crippen LogP) is 5.61. The molecule has 3 nitrogen and oxygen atoms in total. The average Bonchev–Trinajstić information content (AvgIpc) is 2.62. The summed E-state index contributed by atoms with van der Waals surface area (Å²) in [4.78, 5) is 12.2. The van der Waals surface area contributed by atoms with E-state index in [1.165, 1.54) is 0 Å². The van der Waals surface area contributed by atoms with Gasteiger partial charge in [0, 0.05) is 33.7 Å². The maximum Gasteiger partial charge on any atom is 0.251 e. The average molecular weight is 410 g/mol. The number of ether oxygens (including phenoxy) is 1. The van der Waals surface area contributed by atoms with Gasteiger partial charge in [0.15, 0.2) is 0 Å². The molecule has 0 heterocycles. The van der Waals surface area contributed by atoms with Crippen molar-refractivity contribution in [2.75, 3.05) is 18.9 Å². The highest BCUT2D eigenvalue weighted by Crippen LogP contribution is 2.28. The Morgan fingerprint density at radius 2 is 1.88 bits per heavy atom. The molecule has 1 N–H and O–H groups in total. The molecule has 0 saturated heterocycles. The van der Waals surface area contributed by atoms with Crippen LogP contribution in [-0.2, 0) is 5.75 Å². The third kappa shape index (κ3) is 6.60. The fraction of sp³-hybridized carbons (Fsp3) is 0.250. The third-order valence-corrected chi connectivity index (χ3v) is 5.12. The van der Waals surface area contributed by atoms with Crippen molar-refractivity contribution in [3.63, 3.8) is 0 Å². The molecule has 2 aromatic rings. The fourth-order valence-corrected chi connectivity index (χ4v) is 3.71. The fourth-order valence-electron chi connectivity index (χ4n) is 2.12. The van der Waals surface area contributed by atoms with Gasteiger partial charge >= 0.3 is 0 Å². The van der Waals surface area contributed by atoms with Crippen molar-refractivity contribution >= 4 is 40.9 Å². The minimum absolute atomic E-state index is 0.123. The van der Waals surface area contributed by atoms with Crippen LogP contribution in [0.3, 0.4) is 0 Å². The van der Waals surface area contributed by atoms with E-state index in [1.807, 2.05) is 31.2 Å². The second kappa shape index (κ2) is 10.5. The lowest BCUT2D eigenvalue weighted by atomic mass is 10.2. The molecule has 0 aliphatic carbocycles. The number of halogens is 2. The third-order valence-electron chi connectivity index (χ3n) is 3.42. The lowest BCUT2D eigenvalue weighted by Crippen LogP contribution is -2.25. The number of nitrogens with one attached hydrogen (secondary N) is 1. The smallest absolute Gasteiger partial charge is 0.251 e. The highest BCUT2D eigenvalue weighted by atomic mass is 35.5. The summed E-state index contributed by atoms with van der Waals surface area (Å²) in [5, 5.41) is 4.24. The molecule has 26 heavy (non-hydrogen) atoms. The molecule has 0 radical (unpaired) electrons. The molecule has 0 aliphatic rings. The van der Waals surface area contributed by atoms with Crippen LogP contribution in [0.25, 0.3) is 0 Å². The number of hydrogen-bond donors (Lipinski definition) is 1. The van der Waals surface area contributed by atoms with E-state index in [4.69, 9.17) is 27.9 Å². The van der Waals surface area contributed by atoms with E-state index < -0.39 is 0 Å². The monoisotopic (exact) mass is 409 g/mol. The Kier molecular flexibility index (Phi) is 8.36. The lowest BCUT2D eigenvalue weighted by molar-refractivity contribution is 0.0955. The minimum atomic E-state index is -0.123. The van der Waals surface area contributed by atoms with E-state index in [-0.39, 0.29) is 5.91 Å². The number of benzene rings is 2. The highest BCUT2D eigenvalue weighted by molar-refractivity contribution is 7.98. The van der Waals surface area contributed by atoms with Gasteiger partial charge in [-0.25, -0.2) is 0 Å². The molecule has 0 fully saturated rings. The SMILES string of the molecule is C=C(C)COc1cccc(C(=O)NCCSCc2c(Cl)cccc2Cl)c1. The summed E-state index contributed by atoms with van der Waals surface area (Å²) in [7, 11) is 0. The number of thioether (sulfide) groups is 1. The zero-order chi connectivity index (χ0) is 18.9. The Morgan fingerprint density at radius 3 is 2.58 bits per heavy atom. The zero-order valence-electron chi connectivity index (χ0n) is 14.6. The van der Waals surface area contributed by atoms with E-state index in [1.54, 1.807) is 30.0 Å². The Labute approximate surface area is 168 Å². The van der Waals surface area contributed by atoms with Gasteiger partial charge < -0.3 is 10.1 Å².